The molecule has 0 aliphatic carbocycles. The first-order chi connectivity index (χ1) is 8.54. The lowest BCUT2D eigenvalue weighted by molar-refractivity contribution is -0.144. The molecule has 6 heteroatoms. The van der Waals surface area contributed by atoms with Gasteiger partial charge in [-0.1, -0.05) is 6.07 Å². The number of esters is 1. The normalized spacial score (nSPS) is 17.7. The standard InChI is InChI=1S/C12H13NO5/c1-13-6-9(11(14)15)18-10-7(12(16)17-2)4-3-5-8(10)13/h3-5,9H,6H2,1-2H3,(H,14,15). The topological polar surface area (TPSA) is 76.1 Å². The summed E-state index contributed by atoms with van der Waals surface area (Å²) in [5, 5.41) is 9.00. The predicted octanol–water partition coefficient (Wildman–Crippen LogP) is 0.755. The Morgan fingerprint density at radius 1 is 1.50 bits per heavy atom. The van der Waals surface area contributed by atoms with Crippen LogP contribution < -0.4 is 9.64 Å². The van der Waals surface area contributed by atoms with E-state index >= 15 is 0 Å². The van der Waals surface area contributed by atoms with Crippen molar-refractivity contribution >= 4 is 17.6 Å². The Morgan fingerprint density at radius 3 is 2.83 bits per heavy atom. The molecule has 0 fully saturated rings. The zero-order chi connectivity index (χ0) is 13.3. The van der Waals surface area contributed by atoms with Crippen LogP contribution in [0.5, 0.6) is 5.75 Å². The molecule has 0 bridgehead atoms. The van der Waals surface area contributed by atoms with Crippen molar-refractivity contribution in [3.05, 3.63) is 23.8 Å². The number of ether oxygens (including phenoxy) is 2. The lowest BCUT2D eigenvalue weighted by Gasteiger charge is -2.32. The zero-order valence-electron chi connectivity index (χ0n) is 10.0. The number of carboxylic acid groups (broad SMARTS) is 1. The number of methoxy groups -OCH3 is 1. The number of fused-ring (bicyclic) bond motifs is 1. The van der Waals surface area contributed by atoms with Gasteiger partial charge in [0, 0.05) is 7.05 Å². The monoisotopic (exact) mass is 251 g/mol. The average molecular weight is 251 g/mol. The average Bonchev–Trinajstić information content (AvgIpc) is 2.37. The molecule has 0 radical (unpaired) electrons. The number of hydrogen-bond donors (Lipinski definition) is 1. The molecule has 0 saturated carbocycles. The SMILES string of the molecule is COC(=O)c1cccc2c1OC(C(=O)O)CN2C. The van der Waals surface area contributed by atoms with Gasteiger partial charge in [-0.2, -0.15) is 0 Å². The number of rotatable bonds is 2. The lowest BCUT2D eigenvalue weighted by atomic mass is 10.1. The van der Waals surface area contributed by atoms with Gasteiger partial charge in [0.2, 0.25) is 6.10 Å². The van der Waals surface area contributed by atoms with Crippen molar-refractivity contribution in [2.45, 2.75) is 6.10 Å². The first-order valence-electron chi connectivity index (χ1n) is 5.36. The van der Waals surface area contributed by atoms with E-state index in [1.807, 2.05) is 0 Å². The van der Waals surface area contributed by atoms with E-state index in [9.17, 15) is 9.59 Å². The van der Waals surface area contributed by atoms with E-state index in [1.165, 1.54) is 7.11 Å². The third kappa shape index (κ3) is 1.97. The van der Waals surface area contributed by atoms with Crippen molar-refractivity contribution in [2.75, 3.05) is 25.6 Å². The molecule has 0 aromatic heterocycles. The van der Waals surface area contributed by atoms with E-state index in [0.717, 1.165) is 0 Å². The highest BCUT2D eigenvalue weighted by Gasteiger charge is 2.31. The summed E-state index contributed by atoms with van der Waals surface area (Å²) in [4.78, 5) is 24.3. The van der Waals surface area contributed by atoms with Crippen LogP contribution >= 0.6 is 0 Å². The fourth-order valence-electron chi connectivity index (χ4n) is 1.88. The number of hydrogen-bond acceptors (Lipinski definition) is 5. The van der Waals surface area contributed by atoms with Crippen LogP contribution in [0, 0.1) is 0 Å². The van der Waals surface area contributed by atoms with Crippen molar-refractivity contribution in [1.29, 1.82) is 0 Å². The maximum atomic E-state index is 11.6. The maximum Gasteiger partial charge on any atom is 0.346 e. The molecule has 0 saturated heterocycles. The van der Waals surface area contributed by atoms with Crippen LogP contribution in [-0.4, -0.2) is 43.9 Å². The van der Waals surface area contributed by atoms with E-state index in [4.69, 9.17) is 9.84 Å². The van der Waals surface area contributed by atoms with Crippen molar-refractivity contribution in [3.8, 4) is 5.75 Å². The highest BCUT2D eigenvalue weighted by atomic mass is 16.5. The smallest absolute Gasteiger partial charge is 0.346 e. The van der Waals surface area contributed by atoms with Gasteiger partial charge in [-0.3, -0.25) is 0 Å². The zero-order valence-corrected chi connectivity index (χ0v) is 10.0. The van der Waals surface area contributed by atoms with Crippen molar-refractivity contribution in [2.24, 2.45) is 0 Å². The van der Waals surface area contributed by atoms with Crippen LogP contribution in [0.2, 0.25) is 0 Å². The summed E-state index contributed by atoms with van der Waals surface area (Å²) in [5.74, 6) is -1.36. The predicted molar refractivity (Wildman–Crippen MR) is 63.1 cm³/mol. The molecule has 0 spiro atoms. The van der Waals surface area contributed by atoms with E-state index in [0.29, 0.717) is 5.69 Å². The summed E-state index contributed by atoms with van der Waals surface area (Å²) in [6.45, 7) is 0.229. The molecule has 1 aromatic carbocycles. The summed E-state index contributed by atoms with van der Waals surface area (Å²) >= 11 is 0. The van der Waals surface area contributed by atoms with Gasteiger partial charge in [-0.15, -0.1) is 0 Å². The summed E-state index contributed by atoms with van der Waals surface area (Å²) in [6, 6.07) is 5.01. The molecule has 0 amide bonds. The minimum atomic E-state index is -1.06. The molecule has 1 N–H and O–H groups in total. The Balaban J connectivity index is 2.47. The number of nitrogens with zero attached hydrogens (tertiary/aromatic N) is 1. The summed E-state index contributed by atoms with van der Waals surface area (Å²) in [6.07, 6.45) is -0.992. The summed E-state index contributed by atoms with van der Waals surface area (Å²) in [7, 11) is 3.02. The fraction of sp³-hybridized carbons (Fsp3) is 0.333. The van der Waals surface area contributed by atoms with E-state index < -0.39 is 18.0 Å². The molecule has 1 unspecified atom stereocenters. The molecule has 1 aliphatic heterocycles. The van der Waals surface area contributed by atoms with Crippen LogP contribution in [0.1, 0.15) is 10.4 Å². The third-order valence-electron chi connectivity index (χ3n) is 2.79. The van der Waals surface area contributed by atoms with Gasteiger partial charge in [0.05, 0.1) is 19.3 Å². The highest BCUT2D eigenvalue weighted by molar-refractivity contribution is 5.95. The van der Waals surface area contributed by atoms with Gasteiger partial charge >= 0.3 is 11.9 Å². The van der Waals surface area contributed by atoms with Gasteiger partial charge in [0.25, 0.3) is 0 Å². The molecular formula is C12H13NO5. The van der Waals surface area contributed by atoms with Crippen molar-refractivity contribution in [3.63, 3.8) is 0 Å². The first-order valence-corrected chi connectivity index (χ1v) is 5.36. The van der Waals surface area contributed by atoms with E-state index in [2.05, 4.69) is 4.74 Å². The van der Waals surface area contributed by atoms with Crippen LogP contribution in [-0.2, 0) is 9.53 Å². The van der Waals surface area contributed by atoms with E-state index in [-0.39, 0.29) is 17.9 Å². The lowest BCUT2D eigenvalue weighted by Crippen LogP contribution is -2.43. The van der Waals surface area contributed by atoms with Gasteiger partial charge in [0.15, 0.2) is 5.75 Å². The second-order valence-electron chi connectivity index (χ2n) is 3.97. The van der Waals surface area contributed by atoms with Crippen molar-refractivity contribution in [1.82, 2.24) is 0 Å². The number of benzene rings is 1. The van der Waals surface area contributed by atoms with Crippen LogP contribution in [0.3, 0.4) is 0 Å². The fourth-order valence-corrected chi connectivity index (χ4v) is 1.88. The summed E-state index contributed by atoms with van der Waals surface area (Å²) < 4.78 is 10.0. The van der Waals surface area contributed by atoms with Crippen molar-refractivity contribution < 1.29 is 24.2 Å². The molecule has 1 aromatic rings. The minimum absolute atomic E-state index is 0.229. The number of carboxylic acids is 1. The molecule has 1 atom stereocenters. The Morgan fingerprint density at radius 2 is 2.22 bits per heavy atom. The van der Waals surface area contributed by atoms with Gasteiger partial charge in [0.1, 0.15) is 5.56 Å². The molecule has 18 heavy (non-hydrogen) atoms. The second kappa shape index (κ2) is 4.56. The van der Waals surface area contributed by atoms with Crippen LogP contribution in [0.15, 0.2) is 18.2 Å². The second-order valence-corrected chi connectivity index (χ2v) is 3.97. The Labute approximate surface area is 104 Å². The van der Waals surface area contributed by atoms with Crippen LogP contribution in [0.25, 0.3) is 0 Å². The number of anilines is 1. The van der Waals surface area contributed by atoms with Gasteiger partial charge in [-0.25, -0.2) is 9.59 Å². The Kier molecular flexibility index (Phi) is 3.10. The number of carbonyl (C=O) groups excluding carboxylic acids is 1. The molecule has 2 rings (SSSR count). The third-order valence-corrected chi connectivity index (χ3v) is 2.79. The molecule has 1 heterocycles. The van der Waals surface area contributed by atoms with E-state index in [1.54, 1.807) is 30.1 Å². The Bertz CT molecular complexity index is 499. The number of carbonyl (C=O) groups is 2. The minimum Gasteiger partial charge on any atom is -0.478 e. The maximum absolute atomic E-state index is 11.6. The molecule has 1 aliphatic rings. The number of likely N-dealkylation sites (N-methyl/N-ethyl adjacent to an activating group) is 1. The van der Waals surface area contributed by atoms with Crippen LogP contribution in [0.4, 0.5) is 5.69 Å². The first kappa shape index (κ1) is 12.2. The summed E-state index contributed by atoms with van der Waals surface area (Å²) in [5.41, 5.74) is 0.906. The molecular weight excluding hydrogens is 238 g/mol. The molecule has 6 nitrogen and oxygen atoms in total. The van der Waals surface area contributed by atoms with Gasteiger partial charge in [-0.05, 0) is 12.1 Å². The molecule has 96 valence electrons. The quantitative estimate of drug-likeness (QED) is 0.782. The number of aliphatic carboxylic acids is 1. The number of para-hydroxylation sites is 1. The largest absolute Gasteiger partial charge is 0.478 e. The Hall–Kier alpha value is -2.24. The highest BCUT2D eigenvalue weighted by Crippen LogP contribution is 2.36. The van der Waals surface area contributed by atoms with Gasteiger partial charge < -0.3 is 19.5 Å².